The summed E-state index contributed by atoms with van der Waals surface area (Å²) in [5, 5.41) is 11.7. The largest absolute Gasteiger partial charge is 0.481 e. The van der Waals surface area contributed by atoms with Gasteiger partial charge >= 0.3 is 12.0 Å². The van der Waals surface area contributed by atoms with Crippen molar-refractivity contribution < 1.29 is 14.7 Å². The Hall–Kier alpha value is -1.52. The van der Waals surface area contributed by atoms with Crippen molar-refractivity contribution in [2.24, 2.45) is 11.8 Å². The summed E-state index contributed by atoms with van der Waals surface area (Å²) in [7, 11) is 0. The zero-order valence-corrected chi connectivity index (χ0v) is 11.8. The van der Waals surface area contributed by atoms with Gasteiger partial charge in [-0.05, 0) is 31.6 Å². The highest BCUT2D eigenvalue weighted by Crippen LogP contribution is 2.26. The van der Waals surface area contributed by atoms with E-state index >= 15 is 0 Å². The second-order valence-corrected chi connectivity index (χ2v) is 5.54. The Morgan fingerprint density at radius 1 is 1.53 bits per heavy atom. The summed E-state index contributed by atoms with van der Waals surface area (Å²) in [6.07, 6.45) is 2.11. The van der Waals surface area contributed by atoms with Crippen molar-refractivity contribution in [1.29, 1.82) is 0 Å². The lowest BCUT2D eigenvalue weighted by Gasteiger charge is -2.35. The third kappa shape index (κ3) is 5.32. The SMILES string of the molecule is C=C(C)CNC(=O)N1CCCC(C(C)CC(=O)O)C1. The normalized spacial score (nSPS) is 20.7. The summed E-state index contributed by atoms with van der Waals surface area (Å²) in [5.74, 6) is -0.383. The summed E-state index contributed by atoms with van der Waals surface area (Å²) >= 11 is 0. The molecule has 19 heavy (non-hydrogen) atoms. The fourth-order valence-electron chi connectivity index (χ4n) is 2.44. The minimum absolute atomic E-state index is 0.0739. The molecule has 5 nitrogen and oxygen atoms in total. The maximum absolute atomic E-state index is 12.0. The minimum atomic E-state index is -0.767. The van der Waals surface area contributed by atoms with Gasteiger partial charge in [0.2, 0.25) is 0 Å². The van der Waals surface area contributed by atoms with Gasteiger partial charge in [-0.2, -0.15) is 0 Å². The molecule has 2 amide bonds. The van der Waals surface area contributed by atoms with E-state index in [0.29, 0.717) is 13.1 Å². The number of likely N-dealkylation sites (tertiary alicyclic amines) is 1. The van der Waals surface area contributed by atoms with Gasteiger partial charge in [-0.1, -0.05) is 19.1 Å². The molecule has 1 aliphatic rings. The van der Waals surface area contributed by atoms with Crippen molar-refractivity contribution >= 4 is 12.0 Å². The van der Waals surface area contributed by atoms with Crippen LogP contribution < -0.4 is 5.32 Å². The average Bonchev–Trinajstić information content (AvgIpc) is 2.35. The third-order valence-corrected chi connectivity index (χ3v) is 3.59. The Kier molecular flexibility index (Phi) is 5.86. The highest BCUT2D eigenvalue weighted by Gasteiger charge is 2.28. The first-order valence-corrected chi connectivity index (χ1v) is 6.79. The highest BCUT2D eigenvalue weighted by molar-refractivity contribution is 5.74. The van der Waals surface area contributed by atoms with E-state index in [1.807, 2.05) is 13.8 Å². The van der Waals surface area contributed by atoms with Crippen molar-refractivity contribution in [3.8, 4) is 0 Å². The maximum atomic E-state index is 12.0. The zero-order valence-electron chi connectivity index (χ0n) is 11.8. The van der Waals surface area contributed by atoms with E-state index in [0.717, 1.165) is 25.0 Å². The van der Waals surface area contributed by atoms with Gasteiger partial charge in [0.25, 0.3) is 0 Å². The predicted octanol–water partition coefficient (Wildman–Crippen LogP) is 2.09. The highest BCUT2D eigenvalue weighted by atomic mass is 16.4. The van der Waals surface area contributed by atoms with Crippen molar-refractivity contribution in [3.63, 3.8) is 0 Å². The number of piperidine rings is 1. The Balaban J connectivity index is 2.47. The topological polar surface area (TPSA) is 69.6 Å². The van der Waals surface area contributed by atoms with Crippen LogP contribution >= 0.6 is 0 Å². The first-order chi connectivity index (χ1) is 8.90. The second kappa shape index (κ2) is 7.16. The van der Waals surface area contributed by atoms with E-state index in [-0.39, 0.29) is 24.3 Å². The summed E-state index contributed by atoms with van der Waals surface area (Å²) in [5.41, 5.74) is 0.918. The zero-order chi connectivity index (χ0) is 14.4. The first kappa shape index (κ1) is 15.5. The van der Waals surface area contributed by atoms with Gasteiger partial charge in [-0.15, -0.1) is 0 Å². The van der Waals surface area contributed by atoms with Crippen molar-refractivity contribution in [1.82, 2.24) is 10.2 Å². The molecule has 0 saturated carbocycles. The number of carbonyl (C=O) groups excluding carboxylic acids is 1. The number of carboxylic acids is 1. The number of amides is 2. The summed E-state index contributed by atoms with van der Waals surface area (Å²) in [4.78, 5) is 24.5. The Morgan fingerprint density at radius 2 is 2.21 bits per heavy atom. The van der Waals surface area contributed by atoms with Crippen LogP contribution in [0.15, 0.2) is 12.2 Å². The van der Waals surface area contributed by atoms with E-state index in [1.54, 1.807) is 4.90 Å². The van der Waals surface area contributed by atoms with Gasteiger partial charge in [-0.25, -0.2) is 4.79 Å². The molecule has 0 spiro atoms. The van der Waals surface area contributed by atoms with Gasteiger partial charge in [0.1, 0.15) is 0 Å². The van der Waals surface area contributed by atoms with Gasteiger partial charge in [0, 0.05) is 26.1 Å². The number of hydrogen-bond acceptors (Lipinski definition) is 2. The Bertz CT molecular complexity index is 355. The molecular weight excluding hydrogens is 244 g/mol. The molecule has 2 unspecified atom stereocenters. The molecular formula is C14H24N2O3. The van der Waals surface area contributed by atoms with E-state index in [1.165, 1.54) is 0 Å². The van der Waals surface area contributed by atoms with Crippen LogP contribution in [0.25, 0.3) is 0 Å². The smallest absolute Gasteiger partial charge is 0.317 e. The molecule has 1 heterocycles. The molecule has 0 aromatic heterocycles. The first-order valence-electron chi connectivity index (χ1n) is 6.79. The van der Waals surface area contributed by atoms with E-state index < -0.39 is 5.97 Å². The standard InChI is InChI=1S/C14H24N2O3/c1-10(2)8-15-14(19)16-6-4-5-12(9-16)11(3)7-13(17)18/h11-12H,1,4-9H2,2-3H3,(H,15,19)(H,17,18). The average molecular weight is 268 g/mol. The fourth-order valence-corrected chi connectivity index (χ4v) is 2.44. The van der Waals surface area contributed by atoms with Gasteiger partial charge in [0.15, 0.2) is 0 Å². The second-order valence-electron chi connectivity index (χ2n) is 5.54. The summed E-state index contributed by atoms with van der Waals surface area (Å²) in [6, 6.07) is -0.0739. The fraction of sp³-hybridized carbons (Fsp3) is 0.714. The van der Waals surface area contributed by atoms with Crippen molar-refractivity contribution in [2.45, 2.75) is 33.1 Å². The number of nitrogens with one attached hydrogen (secondary N) is 1. The number of hydrogen-bond donors (Lipinski definition) is 2. The molecule has 1 rings (SSSR count). The molecule has 0 aromatic rings. The molecule has 1 saturated heterocycles. The van der Waals surface area contributed by atoms with Crippen LogP contribution in [0, 0.1) is 11.8 Å². The van der Waals surface area contributed by atoms with Crippen LogP contribution in [0.1, 0.15) is 33.1 Å². The number of carboxylic acid groups (broad SMARTS) is 1. The van der Waals surface area contributed by atoms with Crippen LogP contribution in [0.4, 0.5) is 4.79 Å². The number of aliphatic carboxylic acids is 1. The Morgan fingerprint density at radius 3 is 2.79 bits per heavy atom. The third-order valence-electron chi connectivity index (χ3n) is 3.59. The molecule has 5 heteroatoms. The van der Waals surface area contributed by atoms with E-state index in [9.17, 15) is 9.59 Å². The predicted molar refractivity (Wildman–Crippen MR) is 73.9 cm³/mol. The minimum Gasteiger partial charge on any atom is -0.481 e. The lowest BCUT2D eigenvalue weighted by molar-refractivity contribution is -0.138. The lowest BCUT2D eigenvalue weighted by Crippen LogP contribution is -2.47. The number of nitrogens with zero attached hydrogens (tertiary/aromatic N) is 1. The van der Waals surface area contributed by atoms with Crippen molar-refractivity contribution in [2.75, 3.05) is 19.6 Å². The van der Waals surface area contributed by atoms with Gasteiger partial charge < -0.3 is 15.3 Å². The number of urea groups is 1. The molecule has 0 radical (unpaired) electrons. The van der Waals surface area contributed by atoms with Gasteiger partial charge in [0.05, 0.1) is 0 Å². The number of carbonyl (C=O) groups is 2. The van der Waals surface area contributed by atoms with Crippen LogP contribution in [-0.4, -0.2) is 41.6 Å². The van der Waals surface area contributed by atoms with Gasteiger partial charge in [-0.3, -0.25) is 4.79 Å². The quantitative estimate of drug-likeness (QED) is 0.750. The molecule has 2 atom stereocenters. The molecule has 0 aliphatic carbocycles. The van der Waals surface area contributed by atoms with Crippen LogP contribution in [0.5, 0.6) is 0 Å². The number of rotatable bonds is 5. The van der Waals surface area contributed by atoms with Crippen LogP contribution in [-0.2, 0) is 4.79 Å². The van der Waals surface area contributed by atoms with E-state index in [2.05, 4.69) is 11.9 Å². The lowest BCUT2D eigenvalue weighted by atomic mass is 9.85. The Labute approximate surface area is 114 Å². The van der Waals surface area contributed by atoms with E-state index in [4.69, 9.17) is 5.11 Å². The summed E-state index contributed by atoms with van der Waals surface area (Å²) in [6.45, 7) is 9.46. The molecule has 1 aliphatic heterocycles. The molecule has 0 aromatic carbocycles. The molecule has 0 bridgehead atoms. The molecule has 108 valence electrons. The molecule has 2 N–H and O–H groups in total. The van der Waals surface area contributed by atoms with Crippen molar-refractivity contribution in [3.05, 3.63) is 12.2 Å². The molecule has 1 fully saturated rings. The monoisotopic (exact) mass is 268 g/mol. The van der Waals surface area contributed by atoms with Crippen LogP contribution in [0.2, 0.25) is 0 Å². The summed E-state index contributed by atoms with van der Waals surface area (Å²) < 4.78 is 0. The maximum Gasteiger partial charge on any atom is 0.317 e. The van der Waals surface area contributed by atoms with Crippen LogP contribution in [0.3, 0.4) is 0 Å².